The van der Waals surface area contributed by atoms with Gasteiger partial charge in [-0.1, -0.05) is 12.1 Å². The highest BCUT2D eigenvalue weighted by molar-refractivity contribution is 5.72. The maximum absolute atomic E-state index is 11.4. The second kappa shape index (κ2) is 10.8. The lowest BCUT2D eigenvalue weighted by Gasteiger charge is -2.24. The number of methoxy groups -OCH3 is 1. The quantitative estimate of drug-likeness (QED) is 0.372. The number of carbonyl (C=O) groups excluding carboxylic acids is 1. The maximum Gasteiger partial charge on any atom is 0.309 e. The van der Waals surface area contributed by atoms with Crippen LogP contribution in [0.25, 0.3) is 11.4 Å². The molecular weight excluding hydrogens is 410 g/mol. The Balaban J connectivity index is 1.28. The van der Waals surface area contributed by atoms with Crippen molar-refractivity contribution >= 4 is 5.97 Å². The average Bonchev–Trinajstić information content (AvgIpc) is 3.33. The second-order valence-corrected chi connectivity index (χ2v) is 7.46. The minimum absolute atomic E-state index is 0.0326. The lowest BCUT2D eigenvalue weighted by Crippen LogP contribution is -2.20. The van der Waals surface area contributed by atoms with Crippen LogP contribution >= 0.6 is 0 Å². The van der Waals surface area contributed by atoms with E-state index in [2.05, 4.69) is 10.1 Å². The number of pyridine rings is 1. The molecule has 1 fully saturated rings. The minimum atomic E-state index is -0.282. The Kier molecular flexibility index (Phi) is 7.34. The van der Waals surface area contributed by atoms with E-state index in [0.717, 1.165) is 42.8 Å². The van der Waals surface area contributed by atoms with Gasteiger partial charge in [0.05, 0.1) is 31.1 Å². The summed E-state index contributed by atoms with van der Waals surface area (Å²) in [6.45, 7) is 1.51. The molecule has 0 spiro atoms. The van der Waals surface area contributed by atoms with Crippen LogP contribution in [0.3, 0.4) is 0 Å². The van der Waals surface area contributed by atoms with Crippen LogP contribution in [0, 0.1) is 0 Å². The molecule has 3 aromatic rings. The van der Waals surface area contributed by atoms with Crippen molar-refractivity contribution < 1.29 is 23.7 Å². The fraction of sp³-hybridized carbons (Fsp3) is 0.375. The standard InChI is InChI=1S/C24H27N3O5/c1-29-24(28)16-18-5-4-6-19(15-18)30-13-14-31-20-8-9-21(25-17-20)22-10-11-26-27(22)23-7-2-3-12-32-23/h4-6,8-11,15,17,23H,2-3,7,12-14,16H2,1H3. The Labute approximate surface area is 187 Å². The molecule has 8 nitrogen and oxygen atoms in total. The zero-order valence-electron chi connectivity index (χ0n) is 18.1. The number of carbonyl (C=O) groups is 1. The van der Waals surface area contributed by atoms with Crippen LogP contribution in [0.4, 0.5) is 0 Å². The molecule has 1 saturated heterocycles. The van der Waals surface area contributed by atoms with Crippen LogP contribution in [-0.4, -0.2) is 47.7 Å². The third-order valence-electron chi connectivity index (χ3n) is 5.19. The molecule has 3 heterocycles. The fourth-order valence-electron chi connectivity index (χ4n) is 3.58. The third kappa shape index (κ3) is 5.64. The number of aromatic nitrogens is 3. The van der Waals surface area contributed by atoms with Gasteiger partial charge in [-0.2, -0.15) is 5.10 Å². The maximum atomic E-state index is 11.4. The van der Waals surface area contributed by atoms with Gasteiger partial charge in [0.1, 0.15) is 24.7 Å². The van der Waals surface area contributed by atoms with Gasteiger partial charge in [0.2, 0.25) is 0 Å². The first-order valence-electron chi connectivity index (χ1n) is 10.8. The van der Waals surface area contributed by atoms with Crippen LogP contribution in [-0.2, 0) is 20.7 Å². The van der Waals surface area contributed by atoms with Crippen LogP contribution in [0.2, 0.25) is 0 Å². The lowest BCUT2D eigenvalue weighted by molar-refractivity contribution is -0.139. The Morgan fingerprint density at radius 2 is 2.00 bits per heavy atom. The molecule has 0 bridgehead atoms. The number of benzene rings is 1. The Hall–Kier alpha value is -3.39. The average molecular weight is 437 g/mol. The van der Waals surface area contributed by atoms with Gasteiger partial charge in [0.15, 0.2) is 6.23 Å². The molecule has 0 aliphatic carbocycles. The highest BCUT2D eigenvalue weighted by Crippen LogP contribution is 2.28. The van der Waals surface area contributed by atoms with Crippen molar-refractivity contribution in [3.8, 4) is 22.9 Å². The molecule has 1 aliphatic rings. The predicted octanol–water partition coefficient (Wildman–Crippen LogP) is 3.82. The van der Waals surface area contributed by atoms with E-state index in [9.17, 15) is 4.79 Å². The Morgan fingerprint density at radius 3 is 2.75 bits per heavy atom. The van der Waals surface area contributed by atoms with Gasteiger partial charge in [-0.15, -0.1) is 0 Å². The number of esters is 1. The summed E-state index contributed by atoms with van der Waals surface area (Å²) in [7, 11) is 1.38. The molecular formula is C24H27N3O5. The van der Waals surface area contributed by atoms with Crippen molar-refractivity contribution in [2.24, 2.45) is 0 Å². The first-order valence-corrected chi connectivity index (χ1v) is 10.8. The second-order valence-electron chi connectivity index (χ2n) is 7.46. The van der Waals surface area contributed by atoms with E-state index in [0.29, 0.717) is 24.7 Å². The van der Waals surface area contributed by atoms with Crippen LogP contribution in [0.15, 0.2) is 54.9 Å². The van der Waals surface area contributed by atoms with Crippen LogP contribution in [0.1, 0.15) is 31.1 Å². The molecule has 0 amide bonds. The third-order valence-corrected chi connectivity index (χ3v) is 5.19. The zero-order valence-corrected chi connectivity index (χ0v) is 18.1. The number of ether oxygens (including phenoxy) is 4. The summed E-state index contributed by atoms with van der Waals surface area (Å²) < 4.78 is 23.9. The monoisotopic (exact) mass is 437 g/mol. The van der Waals surface area contributed by atoms with E-state index in [1.807, 2.05) is 47.1 Å². The molecule has 1 aromatic carbocycles. The lowest BCUT2D eigenvalue weighted by atomic mass is 10.1. The summed E-state index contributed by atoms with van der Waals surface area (Å²) in [5, 5.41) is 4.43. The molecule has 0 saturated carbocycles. The fourth-order valence-corrected chi connectivity index (χ4v) is 3.58. The number of rotatable bonds is 9. The summed E-state index contributed by atoms with van der Waals surface area (Å²) >= 11 is 0. The zero-order chi connectivity index (χ0) is 22.2. The molecule has 1 atom stereocenters. The number of nitrogens with zero attached hydrogens (tertiary/aromatic N) is 3. The highest BCUT2D eigenvalue weighted by Gasteiger charge is 2.20. The van der Waals surface area contributed by atoms with Gasteiger partial charge in [-0.3, -0.25) is 9.78 Å². The van der Waals surface area contributed by atoms with E-state index in [1.165, 1.54) is 7.11 Å². The van der Waals surface area contributed by atoms with Gasteiger partial charge in [-0.25, -0.2) is 4.68 Å². The summed E-state index contributed by atoms with van der Waals surface area (Å²) in [4.78, 5) is 15.9. The molecule has 2 aromatic heterocycles. The van der Waals surface area contributed by atoms with E-state index < -0.39 is 0 Å². The summed E-state index contributed by atoms with van der Waals surface area (Å²) in [5.41, 5.74) is 2.59. The van der Waals surface area contributed by atoms with Gasteiger partial charge in [-0.05, 0) is 55.2 Å². The SMILES string of the molecule is COC(=O)Cc1cccc(OCCOc2ccc(-c3ccnn3C3CCCCO3)nc2)c1. The van der Waals surface area contributed by atoms with Gasteiger partial charge in [0, 0.05) is 12.8 Å². The topological polar surface area (TPSA) is 84.7 Å². The molecule has 168 valence electrons. The predicted molar refractivity (Wildman–Crippen MR) is 117 cm³/mol. The largest absolute Gasteiger partial charge is 0.490 e. The van der Waals surface area contributed by atoms with Crippen LogP contribution in [0.5, 0.6) is 11.5 Å². The smallest absolute Gasteiger partial charge is 0.309 e. The minimum Gasteiger partial charge on any atom is -0.490 e. The molecule has 1 unspecified atom stereocenters. The van der Waals surface area contributed by atoms with Crippen molar-refractivity contribution in [1.82, 2.24) is 14.8 Å². The summed E-state index contributed by atoms with van der Waals surface area (Å²) in [6.07, 6.45) is 6.86. The van der Waals surface area contributed by atoms with E-state index in [4.69, 9.17) is 18.9 Å². The van der Waals surface area contributed by atoms with Crippen molar-refractivity contribution in [2.75, 3.05) is 26.9 Å². The molecule has 4 rings (SSSR count). The summed E-state index contributed by atoms with van der Waals surface area (Å²) in [5.74, 6) is 1.06. The van der Waals surface area contributed by atoms with Gasteiger partial charge < -0.3 is 18.9 Å². The Bertz CT molecular complexity index is 1010. The van der Waals surface area contributed by atoms with Crippen molar-refractivity contribution in [3.05, 3.63) is 60.4 Å². The molecule has 8 heteroatoms. The van der Waals surface area contributed by atoms with Gasteiger partial charge >= 0.3 is 5.97 Å². The number of hydrogen-bond acceptors (Lipinski definition) is 7. The molecule has 32 heavy (non-hydrogen) atoms. The van der Waals surface area contributed by atoms with Crippen LogP contribution < -0.4 is 9.47 Å². The van der Waals surface area contributed by atoms with E-state index in [-0.39, 0.29) is 18.6 Å². The van der Waals surface area contributed by atoms with Crippen molar-refractivity contribution in [1.29, 1.82) is 0 Å². The van der Waals surface area contributed by atoms with Gasteiger partial charge in [0.25, 0.3) is 0 Å². The number of hydrogen-bond donors (Lipinski definition) is 0. The molecule has 0 N–H and O–H groups in total. The van der Waals surface area contributed by atoms with Crippen molar-refractivity contribution in [3.63, 3.8) is 0 Å². The Morgan fingerprint density at radius 1 is 1.12 bits per heavy atom. The molecule has 0 radical (unpaired) electrons. The summed E-state index contributed by atoms with van der Waals surface area (Å²) in [6, 6.07) is 13.1. The van der Waals surface area contributed by atoms with Crippen molar-refractivity contribution in [2.45, 2.75) is 31.9 Å². The first kappa shape index (κ1) is 21.8. The highest BCUT2D eigenvalue weighted by atomic mass is 16.5. The molecule has 1 aliphatic heterocycles. The van der Waals surface area contributed by atoms with E-state index in [1.54, 1.807) is 12.4 Å². The first-order chi connectivity index (χ1) is 15.7. The van der Waals surface area contributed by atoms with E-state index >= 15 is 0 Å². The normalized spacial score (nSPS) is 15.8.